The van der Waals surface area contributed by atoms with E-state index in [4.69, 9.17) is 17.3 Å². The molecule has 1 saturated heterocycles. The molecule has 1 aliphatic rings. The van der Waals surface area contributed by atoms with Gasteiger partial charge in [-0.05, 0) is 12.1 Å². The van der Waals surface area contributed by atoms with E-state index in [-0.39, 0.29) is 37.3 Å². The van der Waals surface area contributed by atoms with Gasteiger partial charge in [-0.1, -0.05) is 17.7 Å². The van der Waals surface area contributed by atoms with Crippen LogP contribution >= 0.6 is 11.6 Å². The second kappa shape index (κ2) is 6.70. The molecule has 2 aromatic rings. The van der Waals surface area contributed by atoms with Gasteiger partial charge in [-0.3, -0.25) is 0 Å². The number of hydrogen-bond donors (Lipinski definition) is 1. The fourth-order valence-corrected chi connectivity index (χ4v) is 4.32. The van der Waals surface area contributed by atoms with E-state index in [1.807, 2.05) is 0 Å². The highest BCUT2D eigenvalue weighted by Crippen LogP contribution is 2.25. The summed E-state index contributed by atoms with van der Waals surface area (Å²) in [6, 6.07) is 4.46. The molecule has 0 unspecified atom stereocenters. The van der Waals surface area contributed by atoms with E-state index in [2.05, 4.69) is 9.97 Å². The minimum Gasteiger partial charge on any atom is -0.368 e. The Morgan fingerprint density at radius 1 is 1.08 bits per heavy atom. The third-order valence-electron chi connectivity index (χ3n) is 3.78. The minimum atomic E-state index is -4.27. The maximum absolute atomic E-state index is 13.8. The van der Waals surface area contributed by atoms with Crippen LogP contribution in [0.4, 0.5) is 20.5 Å². The van der Waals surface area contributed by atoms with Crippen molar-refractivity contribution in [3.05, 3.63) is 41.1 Å². The third kappa shape index (κ3) is 3.51. The number of nitrogen functional groups attached to an aromatic ring is 1. The average molecular weight is 390 g/mol. The molecular formula is C14H14ClF2N5O2S. The predicted octanol–water partition coefficient (Wildman–Crippen LogP) is 1.50. The summed E-state index contributed by atoms with van der Waals surface area (Å²) in [7, 11) is -4.27. The van der Waals surface area contributed by atoms with E-state index in [1.54, 1.807) is 4.90 Å². The van der Waals surface area contributed by atoms with Gasteiger partial charge in [-0.2, -0.15) is 9.29 Å². The van der Waals surface area contributed by atoms with E-state index in [1.165, 1.54) is 6.07 Å². The first kappa shape index (κ1) is 17.8. The van der Waals surface area contributed by atoms with Crippen molar-refractivity contribution in [1.29, 1.82) is 0 Å². The highest BCUT2D eigenvalue weighted by Gasteiger charge is 2.33. The van der Waals surface area contributed by atoms with Crippen LogP contribution in [0.25, 0.3) is 0 Å². The second-order valence-corrected chi connectivity index (χ2v) is 7.61. The van der Waals surface area contributed by atoms with Crippen LogP contribution in [0.1, 0.15) is 0 Å². The van der Waals surface area contributed by atoms with Gasteiger partial charge in [0.2, 0.25) is 16.0 Å². The molecular weight excluding hydrogens is 376 g/mol. The summed E-state index contributed by atoms with van der Waals surface area (Å²) in [4.78, 5) is 8.65. The Bertz CT molecular complexity index is 864. The third-order valence-corrected chi connectivity index (χ3v) is 5.92. The fourth-order valence-electron chi connectivity index (χ4n) is 2.60. The molecule has 1 aromatic heterocycles. The van der Waals surface area contributed by atoms with Gasteiger partial charge in [-0.15, -0.1) is 0 Å². The van der Waals surface area contributed by atoms with E-state index < -0.39 is 26.6 Å². The molecule has 2 N–H and O–H groups in total. The zero-order chi connectivity index (χ0) is 18.2. The van der Waals surface area contributed by atoms with Crippen LogP contribution in [0.15, 0.2) is 29.2 Å². The normalized spacial score (nSPS) is 16.2. The van der Waals surface area contributed by atoms with Gasteiger partial charge >= 0.3 is 0 Å². The number of benzene rings is 1. The molecule has 1 aliphatic heterocycles. The summed E-state index contributed by atoms with van der Waals surface area (Å²) < 4.78 is 53.8. The number of hydrogen-bond acceptors (Lipinski definition) is 6. The topological polar surface area (TPSA) is 92.4 Å². The molecule has 0 saturated carbocycles. The molecule has 0 amide bonds. The Morgan fingerprint density at radius 3 is 2.24 bits per heavy atom. The summed E-state index contributed by atoms with van der Waals surface area (Å²) >= 11 is 5.84. The molecule has 7 nitrogen and oxygen atoms in total. The molecule has 134 valence electrons. The minimum absolute atomic E-state index is 0.00554. The first-order valence-electron chi connectivity index (χ1n) is 7.28. The number of rotatable bonds is 3. The van der Waals surface area contributed by atoms with E-state index in [0.717, 1.165) is 22.5 Å². The first-order chi connectivity index (χ1) is 11.8. The van der Waals surface area contributed by atoms with E-state index in [9.17, 15) is 17.2 Å². The van der Waals surface area contributed by atoms with E-state index in [0.29, 0.717) is 5.82 Å². The number of nitrogens with zero attached hydrogens (tertiary/aromatic N) is 4. The van der Waals surface area contributed by atoms with Crippen LogP contribution in [-0.4, -0.2) is 48.9 Å². The molecule has 0 spiro atoms. The first-order valence-corrected chi connectivity index (χ1v) is 9.10. The quantitative estimate of drug-likeness (QED) is 0.800. The Hall–Kier alpha value is -2.04. The monoisotopic (exact) mass is 389 g/mol. The smallest absolute Gasteiger partial charge is 0.249 e. The molecule has 1 aromatic carbocycles. The van der Waals surface area contributed by atoms with Crippen molar-refractivity contribution in [3.8, 4) is 0 Å². The molecule has 0 radical (unpaired) electrons. The fraction of sp³-hybridized carbons (Fsp3) is 0.286. The van der Waals surface area contributed by atoms with Gasteiger partial charge in [0.05, 0.1) is 0 Å². The maximum Gasteiger partial charge on any atom is 0.249 e. The number of anilines is 2. The van der Waals surface area contributed by atoms with Crippen LogP contribution in [-0.2, 0) is 10.0 Å². The highest BCUT2D eigenvalue weighted by molar-refractivity contribution is 7.89. The van der Waals surface area contributed by atoms with Crippen molar-refractivity contribution in [2.24, 2.45) is 0 Å². The standard InChI is InChI=1S/C14H14ClF2N5O2S/c15-11-8-12(20-14(18)19-11)21-4-6-22(7-5-21)25(23,24)13-9(16)2-1-3-10(13)17/h1-3,8H,4-7H2,(H2,18,19,20). The zero-order valence-electron chi connectivity index (χ0n) is 12.9. The Kier molecular flexibility index (Phi) is 4.76. The van der Waals surface area contributed by atoms with Gasteiger partial charge in [0, 0.05) is 32.2 Å². The number of piperazine rings is 1. The second-order valence-electron chi connectivity index (χ2n) is 5.35. The summed E-state index contributed by atoms with van der Waals surface area (Å²) in [5.41, 5.74) is 5.55. The van der Waals surface area contributed by atoms with Crippen molar-refractivity contribution in [2.75, 3.05) is 36.8 Å². The van der Waals surface area contributed by atoms with Crippen LogP contribution in [0, 0.1) is 11.6 Å². The lowest BCUT2D eigenvalue weighted by molar-refractivity contribution is 0.377. The van der Waals surface area contributed by atoms with Crippen LogP contribution < -0.4 is 10.6 Å². The van der Waals surface area contributed by atoms with Crippen LogP contribution in [0.2, 0.25) is 5.15 Å². The summed E-state index contributed by atoms with van der Waals surface area (Å²) in [6.45, 7) is 0.611. The van der Waals surface area contributed by atoms with Gasteiger partial charge in [-0.25, -0.2) is 22.2 Å². The van der Waals surface area contributed by atoms with Gasteiger partial charge in [0.15, 0.2) is 4.90 Å². The summed E-state index contributed by atoms with van der Waals surface area (Å²) in [5.74, 6) is -1.76. The molecule has 25 heavy (non-hydrogen) atoms. The van der Waals surface area contributed by atoms with Gasteiger partial charge in [0.1, 0.15) is 22.6 Å². The van der Waals surface area contributed by atoms with E-state index >= 15 is 0 Å². The lowest BCUT2D eigenvalue weighted by Gasteiger charge is -2.34. The molecule has 0 bridgehead atoms. The Labute approximate surface area is 148 Å². The zero-order valence-corrected chi connectivity index (χ0v) is 14.4. The lowest BCUT2D eigenvalue weighted by Crippen LogP contribution is -2.49. The number of aromatic nitrogens is 2. The molecule has 0 atom stereocenters. The summed E-state index contributed by atoms with van der Waals surface area (Å²) in [5, 5.41) is 0.172. The summed E-state index contributed by atoms with van der Waals surface area (Å²) in [6.07, 6.45) is 0. The van der Waals surface area contributed by atoms with Crippen molar-refractivity contribution in [3.63, 3.8) is 0 Å². The highest BCUT2D eigenvalue weighted by atomic mass is 35.5. The van der Waals surface area contributed by atoms with Crippen molar-refractivity contribution in [2.45, 2.75) is 4.90 Å². The lowest BCUT2D eigenvalue weighted by atomic mass is 10.3. The Morgan fingerprint density at radius 2 is 1.68 bits per heavy atom. The van der Waals surface area contributed by atoms with Gasteiger partial charge < -0.3 is 10.6 Å². The van der Waals surface area contributed by atoms with Crippen molar-refractivity contribution in [1.82, 2.24) is 14.3 Å². The molecule has 11 heteroatoms. The number of nitrogens with two attached hydrogens (primary N) is 1. The Balaban J connectivity index is 1.80. The number of sulfonamides is 1. The molecule has 2 heterocycles. The SMILES string of the molecule is Nc1nc(Cl)cc(N2CCN(S(=O)(=O)c3c(F)cccc3F)CC2)n1. The van der Waals surface area contributed by atoms with Crippen molar-refractivity contribution < 1.29 is 17.2 Å². The van der Waals surface area contributed by atoms with Crippen molar-refractivity contribution >= 4 is 33.4 Å². The van der Waals surface area contributed by atoms with Crippen LogP contribution in [0.3, 0.4) is 0 Å². The average Bonchev–Trinajstić information content (AvgIpc) is 2.53. The number of halogens is 3. The largest absolute Gasteiger partial charge is 0.368 e. The molecule has 1 fully saturated rings. The van der Waals surface area contributed by atoms with Gasteiger partial charge in [0.25, 0.3) is 0 Å². The maximum atomic E-state index is 13.8. The van der Waals surface area contributed by atoms with Crippen LogP contribution in [0.5, 0.6) is 0 Å². The molecule has 0 aliphatic carbocycles. The molecule has 3 rings (SSSR count). The predicted molar refractivity (Wildman–Crippen MR) is 88.8 cm³/mol.